The smallest absolute Gasteiger partial charge is 0.253 e. The highest BCUT2D eigenvalue weighted by Gasteiger charge is 2.44. The highest BCUT2D eigenvalue weighted by atomic mass is 16.5. The molecule has 4 aliphatic rings. The molecule has 4 fully saturated rings. The molecular weight excluding hydrogens is 971 g/mol. The van der Waals surface area contributed by atoms with Gasteiger partial charge in [0, 0.05) is 82.7 Å². The van der Waals surface area contributed by atoms with Gasteiger partial charge in [-0.15, -0.1) is 0 Å². The molecule has 6 amide bonds. The Balaban J connectivity index is 1.03. The van der Waals surface area contributed by atoms with Crippen molar-refractivity contribution in [2.24, 2.45) is 29.6 Å². The fourth-order valence-electron chi connectivity index (χ4n) is 11.8. The molecule has 0 aliphatic carbocycles. The summed E-state index contributed by atoms with van der Waals surface area (Å²) in [7, 11) is 1.73. The lowest BCUT2D eigenvalue weighted by Gasteiger charge is -2.38. The number of nitrogens with zero attached hydrogens (tertiary/aromatic N) is 4. The predicted octanol–water partition coefficient (Wildman–Crippen LogP) is 6.77. The van der Waals surface area contributed by atoms with E-state index in [4.69, 9.17) is 9.47 Å². The predicted molar refractivity (Wildman–Crippen MR) is 299 cm³/mol. The summed E-state index contributed by atoms with van der Waals surface area (Å²) in [4.78, 5) is 93.5. The highest BCUT2D eigenvalue weighted by molar-refractivity contribution is 6.02. The van der Waals surface area contributed by atoms with Gasteiger partial charge in [0.05, 0.1) is 18.1 Å². The van der Waals surface area contributed by atoms with E-state index in [0.29, 0.717) is 115 Å². The molecule has 4 heterocycles. The van der Waals surface area contributed by atoms with Crippen LogP contribution in [0, 0.1) is 29.6 Å². The fraction of sp³-hybridized carbons (Fsp3) is 0.548. The molecule has 3 N–H and O–H groups in total. The van der Waals surface area contributed by atoms with Gasteiger partial charge >= 0.3 is 0 Å². The first-order valence-corrected chi connectivity index (χ1v) is 28.4. The van der Waals surface area contributed by atoms with Gasteiger partial charge in [-0.25, -0.2) is 0 Å². The van der Waals surface area contributed by atoms with Crippen LogP contribution in [0.2, 0.25) is 0 Å². The largest absolute Gasteiger partial charge is 0.381 e. The first-order valence-electron chi connectivity index (χ1n) is 28.4. The Bertz CT molecular complexity index is 2640. The molecule has 4 aromatic carbocycles. The SMILES string of the molecule is CN[C@@H](C)C(=O)N[C@H](C(=O)N1CC[C@H](C)[C@H]1CN(CCc1ccccc1)C(=O)c1ccc2cc(C(=O)N(CCc3ccccc3)C[C@@H]3[C@@H](C)CCN3C(=O)[C@@H](NC(=O)C(C)C)C3CCOCC3)ccc2c1)C1CCOCC1. The van der Waals surface area contributed by atoms with Gasteiger partial charge in [-0.05, 0) is 135 Å². The summed E-state index contributed by atoms with van der Waals surface area (Å²) >= 11 is 0. The van der Waals surface area contributed by atoms with Crippen molar-refractivity contribution in [3.05, 3.63) is 119 Å². The zero-order valence-electron chi connectivity index (χ0n) is 46.3. The molecule has 0 spiro atoms. The Morgan fingerprint density at radius 3 is 1.35 bits per heavy atom. The molecule has 7 atom stereocenters. The summed E-state index contributed by atoms with van der Waals surface area (Å²) in [6.07, 6.45) is 5.55. The molecular formula is C62H83N7O8. The molecule has 0 unspecified atom stereocenters. The van der Waals surface area contributed by atoms with Gasteiger partial charge in [-0.3, -0.25) is 28.8 Å². The minimum atomic E-state index is -0.702. The molecule has 0 bridgehead atoms. The van der Waals surface area contributed by atoms with Crippen LogP contribution in [-0.2, 0) is 41.5 Å². The zero-order chi connectivity index (χ0) is 54.6. The average molecular weight is 1050 g/mol. The van der Waals surface area contributed by atoms with Crippen molar-refractivity contribution in [3.63, 3.8) is 0 Å². The molecule has 0 saturated carbocycles. The van der Waals surface area contributed by atoms with Crippen LogP contribution in [0.5, 0.6) is 0 Å². The first kappa shape index (κ1) is 57.0. The summed E-state index contributed by atoms with van der Waals surface area (Å²) in [6.45, 7) is 14.5. The molecule has 15 nitrogen and oxygen atoms in total. The third kappa shape index (κ3) is 14.3. The van der Waals surface area contributed by atoms with Crippen LogP contribution in [0.3, 0.4) is 0 Å². The average Bonchev–Trinajstić information content (AvgIpc) is 4.03. The van der Waals surface area contributed by atoms with E-state index in [9.17, 15) is 28.8 Å². The number of likely N-dealkylation sites (tertiary alicyclic amines) is 2. The lowest BCUT2D eigenvalue weighted by molar-refractivity contribution is -0.141. The number of carbonyl (C=O) groups is 6. The third-order valence-electron chi connectivity index (χ3n) is 17.0. The topological polar surface area (TPSA) is 170 Å². The quantitative estimate of drug-likeness (QED) is 0.0816. The Kier molecular flexibility index (Phi) is 20.0. The van der Waals surface area contributed by atoms with Crippen molar-refractivity contribution in [1.29, 1.82) is 0 Å². The molecule has 0 radical (unpaired) electrons. The molecule has 8 rings (SSSR count). The van der Waals surface area contributed by atoms with E-state index in [1.54, 1.807) is 14.0 Å². The molecule has 77 heavy (non-hydrogen) atoms. The van der Waals surface area contributed by atoms with Crippen molar-refractivity contribution in [2.45, 2.75) is 116 Å². The van der Waals surface area contributed by atoms with Crippen LogP contribution in [0.4, 0.5) is 0 Å². The van der Waals surface area contributed by atoms with E-state index in [1.165, 1.54) is 0 Å². The Morgan fingerprint density at radius 1 is 0.558 bits per heavy atom. The maximum Gasteiger partial charge on any atom is 0.253 e. The molecule has 4 saturated heterocycles. The normalized spacial score (nSPS) is 21.4. The number of hydrogen-bond donors (Lipinski definition) is 3. The minimum absolute atomic E-state index is 0.0383. The first-order chi connectivity index (χ1) is 37.2. The molecule has 0 aromatic heterocycles. The molecule has 4 aromatic rings. The number of nitrogens with one attached hydrogen (secondary N) is 3. The lowest BCUT2D eigenvalue weighted by atomic mass is 9.90. The number of ether oxygens (including phenoxy) is 2. The number of amides is 6. The van der Waals surface area contributed by atoms with Crippen LogP contribution in [0.15, 0.2) is 97.1 Å². The van der Waals surface area contributed by atoms with Gasteiger partial charge in [0.15, 0.2) is 0 Å². The van der Waals surface area contributed by atoms with Gasteiger partial charge in [0.2, 0.25) is 23.6 Å². The van der Waals surface area contributed by atoms with Crippen LogP contribution < -0.4 is 16.0 Å². The molecule has 15 heteroatoms. The van der Waals surface area contributed by atoms with Gasteiger partial charge in [0.25, 0.3) is 11.8 Å². The van der Waals surface area contributed by atoms with Crippen LogP contribution in [0.25, 0.3) is 10.8 Å². The van der Waals surface area contributed by atoms with Crippen molar-refractivity contribution in [1.82, 2.24) is 35.6 Å². The summed E-state index contributed by atoms with van der Waals surface area (Å²) in [5, 5.41) is 10.9. The van der Waals surface area contributed by atoms with Crippen molar-refractivity contribution < 1.29 is 38.2 Å². The number of fused-ring (bicyclic) bond motifs is 1. The Morgan fingerprint density at radius 2 is 0.961 bits per heavy atom. The summed E-state index contributed by atoms with van der Waals surface area (Å²) in [6, 6.07) is 29.1. The maximum atomic E-state index is 15.0. The van der Waals surface area contributed by atoms with Crippen LogP contribution in [0.1, 0.15) is 105 Å². The van der Waals surface area contributed by atoms with Crippen LogP contribution >= 0.6 is 0 Å². The van der Waals surface area contributed by atoms with Gasteiger partial charge in [-0.2, -0.15) is 0 Å². The second kappa shape index (κ2) is 26.9. The number of benzene rings is 4. The van der Waals surface area contributed by atoms with E-state index >= 15 is 0 Å². The minimum Gasteiger partial charge on any atom is -0.381 e. The standard InChI is InChI=1S/C62H83N7O8/c1-41(2)57(70)64-55(47-25-33-76-34-26-47)61(74)68-31-21-42(3)53(68)39-66(29-23-45-13-9-7-10-14-45)59(72)51-19-17-50-38-52(20-18-49(50)37-51)60(73)67(30-24-46-15-11-8-12-16-46)40-54-43(4)22-32-69(54)62(75)56(48-27-35-77-36-28-48)65-58(71)44(5)63-6/h7-20,37-38,41-44,47-48,53-56,63H,21-36,39-40H2,1-6H3,(H,64,70)(H,65,71)/t42-,43-,44-,53+,54+,55-,56-/m0/s1. The second-order valence-corrected chi connectivity index (χ2v) is 22.5. The summed E-state index contributed by atoms with van der Waals surface area (Å²) in [5.74, 6) is -1.00. The van der Waals surface area contributed by atoms with E-state index in [-0.39, 0.29) is 77.1 Å². The van der Waals surface area contributed by atoms with E-state index < -0.39 is 18.1 Å². The van der Waals surface area contributed by atoms with Gasteiger partial charge < -0.3 is 45.0 Å². The summed E-state index contributed by atoms with van der Waals surface area (Å²) in [5.41, 5.74) is 3.22. The van der Waals surface area contributed by atoms with Crippen LogP contribution in [-0.4, -0.2) is 158 Å². The van der Waals surface area contributed by atoms with E-state index in [1.807, 2.05) is 106 Å². The zero-order valence-corrected chi connectivity index (χ0v) is 46.3. The maximum absolute atomic E-state index is 15.0. The monoisotopic (exact) mass is 1050 g/mol. The molecule has 4 aliphatic heterocycles. The van der Waals surface area contributed by atoms with E-state index in [2.05, 4.69) is 54.1 Å². The van der Waals surface area contributed by atoms with E-state index in [0.717, 1.165) is 34.7 Å². The Hall–Kier alpha value is -6.16. The second-order valence-electron chi connectivity index (χ2n) is 22.5. The number of likely N-dealkylation sites (N-methyl/N-ethyl adjacent to an activating group) is 1. The Labute approximate surface area is 456 Å². The summed E-state index contributed by atoms with van der Waals surface area (Å²) < 4.78 is 11.3. The highest BCUT2D eigenvalue weighted by Crippen LogP contribution is 2.32. The molecule has 414 valence electrons. The van der Waals surface area contributed by atoms with Gasteiger partial charge in [0.1, 0.15) is 12.1 Å². The number of carbonyl (C=O) groups excluding carboxylic acids is 6. The number of hydrogen-bond acceptors (Lipinski definition) is 9. The number of rotatable bonds is 21. The van der Waals surface area contributed by atoms with Crippen molar-refractivity contribution in [3.8, 4) is 0 Å². The lowest BCUT2D eigenvalue weighted by Crippen LogP contribution is -2.58. The van der Waals surface area contributed by atoms with Crippen molar-refractivity contribution in [2.75, 3.05) is 72.7 Å². The third-order valence-corrected chi connectivity index (χ3v) is 17.0. The fourth-order valence-corrected chi connectivity index (χ4v) is 11.8. The van der Waals surface area contributed by atoms with Gasteiger partial charge in [-0.1, -0.05) is 100 Å². The van der Waals surface area contributed by atoms with Crippen molar-refractivity contribution >= 4 is 46.2 Å².